The molecule has 1 aromatic rings. The fraction of sp³-hybridized carbons (Fsp3) is 0.750. The molecule has 0 aromatic carbocycles. The second kappa shape index (κ2) is 8.49. The van der Waals surface area contributed by atoms with Crippen LogP contribution in [0.25, 0.3) is 0 Å². The van der Waals surface area contributed by atoms with Crippen molar-refractivity contribution in [2.24, 2.45) is 10.7 Å². The number of nitrogens with zero attached hydrogens (tertiary/aromatic N) is 4. The van der Waals surface area contributed by atoms with E-state index >= 15 is 0 Å². The molecule has 2 N–H and O–H groups in total. The first-order chi connectivity index (χ1) is 11.3. The lowest BCUT2D eigenvalue weighted by Crippen LogP contribution is -2.51. The molecule has 0 atom stereocenters. The van der Waals surface area contributed by atoms with Gasteiger partial charge in [-0.1, -0.05) is 12.8 Å². The maximum atomic E-state index is 6.12. The number of aromatic nitrogens is 1. The molecule has 2 aliphatic rings. The van der Waals surface area contributed by atoms with E-state index in [1.165, 1.54) is 25.7 Å². The summed E-state index contributed by atoms with van der Waals surface area (Å²) in [4.78, 5) is 13.3. The minimum absolute atomic E-state index is 0.496. The smallest absolute Gasteiger partial charge is 0.191 e. The topological polar surface area (TPSA) is 67.0 Å². The maximum Gasteiger partial charge on any atom is 0.191 e. The second-order valence-corrected chi connectivity index (χ2v) is 7.03. The second-order valence-electron chi connectivity index (χ2n) is 6.16. The molecule has 2 fully saturated rings. The highest BCUT2D eigenvalue weighted by atomic mass is 32.1. The average Bonchev–Trinajstić information content (AvgIpc) is 3.28. The van der Waals surface area contributed by atoms with E-state index in [1.807, 2.05) is 11.6 Å². The van der Waals surface area contributed by atoms with Crippen LogP contribution in [0.2, 0.25) is 0 Å². The van der Waals surface area contributed by atoms with Crippen LogP contribution in [0.15, 0.2) is 16.6 Å². The molecule has 0 amide bonds. The summed E-state index contributed by atoms with van der Waals surface area (Å²) >= 11 is 1.69. The van der Waals surface area contributed by atoms with E-state index in [0.717, 1.165) is 50.9 Å². The van der Waals surface area contributed by atoms with Gasteiger partial charge >= 0.3 is 0 Å². The number of thiazole rings is 1. The van der Waals surface area contributed by atoms with Crippen LogP contribution < -0.4 is 10.6 Å². The molecule has 0 radical (unpaired) electrons. The lowest BCUT2D eigenvalue weighted by atomic mass is 10.3. The van der Waals surface area contributed by atoms with Gasteiger partial charge < -0.3 is 20.3 Å². The van der Waals surface area contributed by atoms with Gasteiger partial charge in [0.05, 0.1) is 6.10 Å². The Bertz CT molecular complexity index is 479. The number of ether oxygens (including phenoxy) is 1. The molecular weight excluding hydrogens is 310 g/mol. The van der Waals surface area contributed by atoms with Crippen molar-refractivity contribution in [2.45, 2.75) is 38.2 Å². The quantitative estimate of drug-likeness (QED) is 0.488. The van der Waals surface area contributed by atoms with Crippen molar-refractivity contribution in [3.05, 3.63) is 11.6 Å². The van der Waals surface area contributed by atoms with Crippen molar-refractivity contribution in [2.75, 3.05) is 44.2 Å². The van der Waals surface area contributed by atoms with Gasteiger partial charge in [-0.3, -0.25) is 4.99 Å². The molecule has 7 heteroatoms. The lowest BCUT2D eigenvalue weighted by molar-refractivity contribution is 0.0579. The predicted octanol–water partition coefficient (Wildman–Crippen LogP) is 1.93. The van der Waals surface area contributed by atoms with Crippen molar-refractivity contribution >= 4 is 22.4 Å². The number of piperazine rings is 1. The molecule has 1 aliphatic heterocycles. The Morgan fingerprint density at radius 2 is 2.09 bits per heavy atom. The van der Waals surface area contributed by atoms with Gasteiger partial charge in [-0.15, -0.1) is 11.3 Å². The molecule has 0 bridgehead atoms. The lowest BCUT2D eigenvalue weighted by Gasteiger charge is -2.35. The highest BCUT2D eigenvalue weighted by Gasteiger charge is 2.19. The van der Waals surface area contributed by atoms with E-state index in [1.54, 1.807) is 11.3 Å². The van der Waals surface area contributed by atoms with Crippen molar-refractivity contribution in [3.63, 3.8) is 0 Å². The summed E-state index contributed by atoms with van der Waals surface area (Å²) in [5, 5.41) is 3.12. The first-order valence-electron chi connectivity index (χ1n) is 8.64. The first-order valence-corrected chi connectivity index (χ1v) is 9.52. The normalized spacial score (nSPS) is 20.4. The summed E-state index contributed by atoms with van der Waals surface area (Å²) in [6.07, 6.45) is 8.41. The Kier molecular flexibility index (Phi) is 6.10. The zero-order valence-corrected chi connectivity index (χ0v) is 14.5. The van der Waals surface area contributed by atoms with Crippen LogP contribution in [0.1, 0.15) is 32.1 Å². The Hall–Kier alpha value is -1.34. The molecule has 1 aromatic heterocycles. The number of hydrogen-bond acceptors (Lipinski definition) is 5. The largest absolute Gasteiger partial charge is 0.378 e. The van der Waals surface area contributed by atoms with E-state index in [9.17, 15) is 0 Å². The summed E-state index contributed by atoms with van der Waals surface area (Å²) < 4.78 is 5.85. The van der Waals surface area contributed by atoms with Gasteiger partial charge in [-0.2, -0.15) is 0 Å². The third-order valence-electron chi connectivity index (χ3n) is 4.53. The highest BCUT2D eigenvalue weighted by Crippen LogP contribution is 2.21. The van der Waals surface area contributed by atoms with Gasteiger partial charge in [0.15, 0.2) is 11.1 Å². The molecule has 1 aliphatic carbocycles. The molecule has 0 spiro atoms. The van der Waals surface area contributed by atoms with Crippen LogP contribution >= 0.6 is 11.3 Å². The van der Waals surface area contributed by atoms with Gasteiger partial charge in [0.1, 0.15) is 0 Å². The highest BCUT2D eigenvalue weighted by molar-refractivity contribution is 7.13. The van der Waals surface area contributed by atoms with Crippen LogP contribution in [0.4, 0.5) is 5.13 Å². The molecule has 128 valence electrons. The van der Waals surface area contributed by atoms with Crippen LogP contribution in [-0.2, 0) is 4.74 Å². The minimum atomic E-state index is 0.496. The SMILES string of the molecule is NC(=NCCCOC1CCCC1)N1CCN(c2nccs2)CC1. The van der Waals surface area contributed by atoms with Crippen LogP contribution in [0.3, 0.4) is 0 Å². The summed E-state index contributed by atoms with van der Waals surface area (Å²) in [5.41, 5.74) is 6.12. The van der Waals surface area contributed by atoms with Gasteiger partial charge in [0, 0.05) is 50.9 Å². The molecule has 6 nitrogen and oxygen atoms in total. The Morgan fingerprint density at radius 3 is 2.78 bits per heavy atom. The zero-order valence-electron chi connectivity index (χ0n) is 13.7. The number of nitrogens with two attached hydrogens (primary N) is 1. The summed E-state index contributed by atoms with van der Waals surface area (Å²) in [7, 11) is 0. The van der Waals surface area contributed by atoms with Crippen molar-refractivity contribution in [1.82, 2.24) is 9.88 Å². The Labute approximate surface area is 142 Å². The van der Waals surface area contributed by atoms with Crippen LogP contribution in [0, 0.1) is 0 Å². The molecule has 3 rings (SSSR count). The van der Waals surface area contributed by atoms with Crippen LogP contribution in [0.5, 0.6) is 0 Å². The van der Waals surface area contributed by atoms with E-state index in [4.69, 9.17) is 10.5 Å². The average molecular weight is 337 g/mol. The van der Waals surface area contributed by atoms with E-state index in [2.05, 4.69) is 19.8 Å². The number of guanidine groups is 1. The van der Waals surface area contributed by atoms with Gasteiger partial charge in [0.2, 0.25) is 0 Å². The summed E-state index contributed by atoms with van der Waals surface area (Å²) in [6.45, 7) is 5.29. The van der Waals surface area contributed by atoms with Crippen molar-refractivity contribution < 1.29 is 4.74 Å². The van der Waals surface area contributed by atoms with Crippen molar-refractivity contribution in [1.29, 1.82) is 0 Å². The Balaban J connectivity index is 1.32. The third-order valence-corrected chi connectivity index (χ3v) is 5.36. The Morgan fingerprint density at radius 1 is 1.30 bits per heavy atom. The van der Waals surface area contributed by atoms with Crippen LogP contribution in [-0.4, -0.2) is 61.3 Å². The number of hydrogen-bond donors (Lipinski definition) is 1. The summed E-state index contributed by atoms with van der Waals surface area (Å²) in [5.74, 6) is 0.671. The maximum absolute atomic E-state index is 6.12. The number of rotatable bonds is 6. The molecule has 23 heavy (non-hydrogen) atoms. The number of aliphatic imine (C=N–C) groups is 1. The predicted molar refractivity (Wildman–Crippen MR) is 95.2 cm³/mol. The monoisotopic (exact) mass is 337 g/mol. The molecule has 2 heterocycles. The van der Waals surface area contributed by atoms with E-state index in [0.29, 0.717) is 12.1 Å². The zero-order chi connectivity index (χ0) is 15.9. The summed E-state index contributed by atoms with van der Waals surface area (Å²) in [6, 6.07) is 0. The van der Waals surface area contributed by atoms with Gasteiger partial charge in [0.25, 0.3) is 0 Å². The minimum Gasteiger partial charge on any atom is -0.378 e. The van der Waals surface area contributed by atoms with Gasteiger partial charge in [-0.05, 0) is 19.3 Å². The van der Waals surface area contributed by atoms with E-state index < -0.39 is 0 Å². The molecule has 0 unspecified atom stereocenters. The fourth-order valence-electron chi connectivity index (χ4n) is 3.16. The van der Waals surface area contributed by atoms with Crippen molar-refractivity contribution in [3.8, 4) is 0 Å². The molecule has 1 saturated heterocycles. The van der Waals surface area contributed by atoms with Gasteiger partial charge in [-0.25, -0.2) is 4.98 Å². The first kappa shape index (κ1) is 16.5. The fourth-order valence-corrected chi connectivity index (χ4v) is 3.86. The van der Waals surface area contributed by atoms with E-state index in [-0.39, 0.29) is 0 Å². The number of anilines is 1. The third kappa shape index (κ3) is 4.81. The molecule has 1 saturated carbocycles. The standard InChI is InChI=1S/C16H27N5OS/c17-15(18-6-3-12-22-14-4-1-2-5-14)20-8-10-21(11-9-20)16-19-7-13-23-16/h7,13-14H,1-6,8-12H2,(H2,17,18). The molecular formula is C16H27N5OS.